The van der Waals surface area contributed by atoms with Crippen molar-refractivity contribution in [2.24, 2.45) is 0 Å². The summed E-state index contributed by atoms with van der Waals surface area (Å²) in [5, 5.41) is 5.26. The molecule has 2 aromatic rings. The van der Waals surface area contributed by atoms with Crippen molar-refractivity contribution in [2.45, 2.75) is 11.1 Å². The second kappa shape index (κ2) is 5.11. The highest BCUT2D eigenvalue weighted by molar-refractivity contribution is 7.89. The van der Waals surface area contributed by atoms with E-state index in [-0.39, 0.29) is 16.3 Å². The summed E-state index contributed by atoms with van der Waals surface area (Å²) in [5.74, 6) is -1.36. The van der Waals surface area contributed by atoms with Crippen LogP contribution in [-0.2, 0) is 16.2 Å². The maximum atomic E-state index is 12.4. The van der Waals surface area contributed by atoms with Crippen molar-refractivity contribution >= 4 is 10.0 Å². The number of hydrogen-bond donors (Lipinski definition) is 1. The van der Waals surface area contributed by atoms with Crippen LogP contribution in [0.25, 0.3) is 11.4 Å². The minimum absolute atomic E-state index is 0.0304. The normalized spacial score (nSPS) is 12.9. The zero-order valence-corrected chi connectivity index (χ0v) is 11.8. The summed E-state index contributed by atoms with van der Waals surface area (Å²) < 4.78 is 62.0. The largest absolute Gasteiger partial charge is 0.451 e. The number of hydrogen-bond acceptors (Lipinski definition) is 4. The second-order valence-electron chi connectivity index (χ2n) is 4.32. The summed E-state index contributed by atoms with van der Waals surface area (Å²) in [5.41, 5.74) is 0.277. The Morgan fingerprint density at radius 3 is 2.14 bits per heavy atom. The van der Waals surface area contributed by atoms with Gasteiger partial charge in [-0.25, -0.2) is 17.7 Å². The number of alkyl halides is 3. The smallest absolute Gasteiger partial charge is 0.255 e. The molecule has 1 heterocycles. The molecule has 114 valence electrons. The fourth-order valence-electron chi connectivity index (χ4n) is 1.50. The Bertz CT molecular complexity index is 736. The molecule has 10 heteroatoms. The molecule has 1 aromatic heterocycles. The van der Waals surface area contributed by atoms with E-state index in [1.807, 2.05) is 0 Å². The Labute approximate surface area is 118 Å². The van der Waals surface area contributed by atoms with Crippen molar-refractivity contribution in [1.82, 2.24) is 19.5 Å². The van der Waals surface area contributed by atoms with Crippen LogP contribution in [0.15, 0.2) is 29.2 Å². The van der Waals surface area contributed by atoms with Crippen LogP contribution in [-0.4, -0.2) is 42.0 Å². The predicted molar refractivity (Wildman–Crippen MR) is 67.7 cm³/mol. The van der Waals surface area contributed by atoms with Crippen LogP contribution in [0.1, 0.15) is 5.82 Å². The van der Waals surface area contributed by atoms with E-state index in [9.17, 15) is 21.6 Å². The first-order valence-corrected chi connectivity index (χ1v) is 7.09. The molecule has 21 heavy (non-hydrogen) atoms. The van der Waals surface area contributed by atoms with Crippen molar-refractivity contribution in [2.75, 3.05) is 14.1 Å². The molecule has 0 bridgehead atoms. The Hall–Kier alpha value is -1.94. The van der Waals surface area contributed by atoms with E-state index >= 15 is 0 Å². The third kappa shape index (κ3) is 3.05. The molecule has 2 rings (SSSR count). The molecule has 0 spiro atoms. The molecule has 1 aromatic carbocycles. The highest BCUT2D eigenvalue weighted by atomic mass is 32.2. The van der Waals surface area contributed by atoms with Gasteiger partial charge in [0.1, 0.15) is 0 Å². The van der Waals surface area contributed by atoms with Gasteiger partial charge in [-0.2, -0.15) is 18.3 Å². The summed E-state index contributed by atoms with van der Waals surface area (Å²) >= 11 is 0. The lowest BCUT2D eigenvalue weighted by atomic mass is 10.2. The minimum atomic E-state index is -4.61. The predicted octanol–water partition coefficient (Wildman–Crippen LogP) is 1.74. The first-order chi connectivity index (χ1) is 9.62. The van der Waals surface area contributed by atoms with E-state index in [0.29, 0.717) is 0 Å². The Balaban J connectivity index is 2.34. The average molecular weight is 320 g/mol. The molecular formula is C11H11F3N4O2S. The van der Waals surface area contributed by atoms with Crippen LogP contribution in [0.2, 0.25) is 0 Å². The van der Waals surface area contributed by atoms with Crippen molar-refractivity contribution < 1.29 is 21.6 Å². The van der Waals surface area contributed by atoms with Gasteiger partial charge in [-0.05, 0) is 24.3 Å². The summed E-state index contributed by atoms with van der Waals surface area (Å²) in [4.78, 5) is 3.36. The molecule has 0 fully saturated rings. The number of aromatic nitrogens is 3. The monoisotopic (exact) mass is 320 g/mol. The van der Waals surface area contributed by atoms with E-state index in [2.05, 4.69) is 10.1 Å². The van der Waals surface area contributed by atoms with Crippen molar-refractivity contribution in [1.29, 1.82) is 0 Å². The van der Waals surface area contributed by atoms with E-state index in [1.54, 1.807) is 5.10 Å². The van der Waals surface area contributed by atoms with Crippen molar-refractivity contribution in [3.63, 3.8) is 0 Å². The van der Waals surface area contributed by atoms with Gasteiger partial charge in [-0.3, -0.25) is 5.10 Å². The van der Waals surface area contributed by atoms with Crippen LogP contribution in [0, 0.1) is 0 Å². The maximum absolute atomic E-state index is 12.4. The van der Waals surface area contributed by atoms with E-state index < -0.39 is 22.0 Å². The number of halogens is 3. The SMILES string of the molecule is CN(C)S(=O)(=O)c1ccc(-c2n[nH]c(C(F)(F)F)n2)cc1. The van der Waals surface area contributed by atoms with E-state index in [1.165, 1.54) is 38.4 Å². The van der Waals surface area contributed by atoms with Crippen LogP contribution < -0.4 is 0 Å². The van der Waals surface area contributed by atoms with Crippen molar-refractivity contribution in [3.05, 3.63) is 30.1 Å². The first kappa shape index (κ1) is 15.4. The number of aromatic amines is 1. The lowest BCUT2D eigenvalue weighted by Crippen LogP contribution is -2.22. The minimum Gasteiger partial charge on any atom is -0.255 e. The first-order valence-electron chi connectivity index (χ1n) is 5.65. The summed E-state index contributed by atoms with van der Waals surface area (Å²) in [7, 11) is -0.823. The van der Waals surface area contributed by atoms with Gasteiger partial charge in [-0.15, -0.1) is 0 Å². The zero-order chi connectivity index (χ0) is 15.8. The third-order valence-electron chi connectivity index (χ3n) is 2.65. The number of sulfonamides is 1. The molecule has 0 aliphatic heterocycles. The molecule has 0 aliphatic rings. The molecule has 6 nitrogen and oxygen atoms in total. The molecule has 0 atom stereocenters. The number of nitrogens with zero attached hydrogens (tertiary/aromatic N) is 3. The third-order valence-corrected chi connectivity index (χ3v) is 4.47. The van der Waals surface area contributed by atoms with E-state index in [4.69, 9.17) is 0 Å². The van der Waals surface area contributed by atoms with Gasteiger partial charge >= 0.3 is 6.18 Å². The number of benzene rings is 1. The zero-order valence-electron chi connectivity index (χ0n) is 11.0. The molecule has 0 unspecified atom stereocenters. The molecule has 0 amide bonds. The van der Waals surface area contributed by atoms with Gasteiger partial charge < -0.3 is 0 Å². The molecule has 1 N–H and O–H groups in total. The van der Waals surface area contributed by atoms with Crippen LogP contribution in [0.3, 0.4) is 0 Å². The number of H-pyrrole nitrogens is 1. The molecular weight excluding hydrogens is 309 g/mol. The molecule has 0 saturated heterocycles. The molecule has 0 radical (unpaired) electrons. The lowest BCUT2D eigenvalue weighted by Gasteiger charge is -2.11. The Kier molecular flexibility index (Phi) is 3.76. The average Bonchev–Trinajstić information content (AvgIpc) is 2.88. The van der Waals surface area contributed by atoms with Gasteiger partial charge in [0, 0.05) is 19.7 Å². The van der Waals surface area contributed by atoms with Crippen LogP contribution >= 0.6 is 0 Å². The van der Waals surface area contributed by atoms with Crippen LogP contribution in [0.4, 0.5) is 13.2 Å². The summed E-state index contributed by atoms with van der Waals surface area (Å²) in [6.07, 6.45) is -4.61. The maximum Gasteiger partial charge on any atom is 0.451 e. The number of nitrogens with one attached hydrogen (secondary N) is 1. The fourth-order valence-corrected chi connectivity index (χ4v) is 2.41. The molecule has 0 saturated carbocycles. The molecule has 0 aliphatic carbocycles. The Morgan fingerprint density at radius 2 is 1.71 bits per heavy atom. The van der Waals surface area contributed by atoms with Gasteiger partial charge in [-0.1, -0.05) is 0 Å². The number of rotatable bonds is 3. The topological polar surface area (TPSA) is 79.0 Å². The van der Waals surface area contributed by atoms with Crippen LogP contribution in [0.5, 0.6) is 0 Å². The highest BCUT2D eigenvalue weighted by Gasteiger charge is 2.35. The lowest BCUT2D eigenvalue weighted by molar-refractivity contribution is -0.144. The van der Waals surface area contributed by atoms with Gasteiger partial charge in [0.05, 0.1) is 4.90 Å². The van der Waals surface area contributed by atoms with Gasteiger partial charge in [0.2, 0.25) is 15.8 Å². The summed E-state index contributed by atoms with van der Waals surface area (Å²) in [6.45, 7) is 0. The standard InChI is InChI=1S/C11H11F3N4O2S/c1-18(2)21(19,20)8-5-3-7(4-6-8)9-15-10(17-16-9)11(12,13)14/h3-6H,1-2H3,(H,15,16,17). The quantitative estimate of drug-likeness (QED) is 0.934. The van der Waals surface area contributed by atoms with Crippen molar-refractivity contribution in [3.8, 4) is 11.4 Å². The highest BCUT2D eigenvalue weighted by Crippen LogP contribution is 2.27. The van der Waals surface area contributed by atoms with E-state index in [0.717, 1.165) is 4.31 Å². The second-order valence-corrected chi connectivity index (χ2v) is 6.47. The van der Waals surface area contributed by atoms with Gasteiger partial charge in [0.25, 0.3) is 0 Å². The summed E-state index contributed by atoms with van der Waals surface area (Å²) in [6, 6.07) is 5.27. The Morgan fingerprint density at radius 1 is 1.14 bits per heavy atom. The van der Waals surface area contributed by atoms with Gasteiger partial charge in [0.15, 0.2) is 5.82 Å². The fraction of sp³-hybridized carbons (Fsp3) is 0.273.